The maximum atomic E-state index is 10.9. The number of aryl methyl sites for hydroxylation is 1. The zero-order chi connectivity index (χ0) is 11.7. The highest BCUT2D eigenvalue weighted by atomic mass is 32.1. The minimum Gasteiger partial charge on any atom is -0.478 e. The van der Waals surface area contributed by atoms with E-state index in [0.717, 1.165) is 10.7 Å². The summed E-state index contributed by atoms with van der Waals surface area (Å²) in [4.78, 5) is 19.0. The van der Waals surface area contributed by atoms with E-state index in [1.165, 1.54) is 23.6 Å². The Bertz CT molecular complexity index is 551. The van der Waals surface area contributed by atoms with Gasteiger partial charge in [-0.3, -0.25) is 0 Å². The minimum absolute atomic E-state index is 0.00496. The number of aromatic carboxylic acids is 1. The van der Waals surface area contributed by atoms with Crippen LogP contribution >= 0.6 is 11.3 Å². The Balaban J connectivity index is 2.51. The number of nitrogens with two attached hydrogens (primary N) is 1. The van der Waals surface area contributed by atoms with Gasteiger partial charge in [0, 0.05) is 22.8 Å². The van der Waals surface area contributed by atoms with Crippen LogP contribution < -0.4 is 5.73 Å². The Morgan fingerprint density at radius 1 is 1.56 bits per heavy atom. The Morgan fingerprint density at radius 3 is 2.88 bits per heavy atom. The van der Waals surface area contributed by atoms with Crippen molar-refractivity contribution in [3.63, 3.8) is 0 Å². The smallest absolute Gasteiger partial charge is 0.339 e. The van der Waals surface area contributed by atoms with Crippen molar-refractivity contribution >= 4 is 23.1 Å². The van der Waals surface area contributed by atoms with Crippen molar-refractivity contribution in [3.8, 4) is 10.6 Å². The molecule has 5 nitrogen and oxygen atoms in total. The third-order valence-corrected chi connectivity index (χ3v) is 3.02. The topological polar surface area (TPSA) is 89.1 Å². The molecule has 0 amide bonds. The number of carboxylic acids is 1. The van der Waals surface area contributed by atoms with Crippen LogP contribution in [0.2, 0.25) is 0 Å². The predicted octanol–water partition coefficient (Wildman–Crippen LogP) is 1.79. The summed E-state index contributed by atoms with van der Waals surface area (Å²) in [6, 6.07) is 1.49. The average Bonchev–Trinajstić information content (AvgIpc) is 2.65. The fourth-order valence-electron chi connectivity index (χ4n) is 1.25. The van der Waals surface area contributed by atoms with E-state index in [1.54, 1.807) is 0 Å². The van der Waals surface area contributed by atoms with Gasteiger partial charge in [-0.05, 0) is 13.0 Å². The molecule has 0 bridgehead atoms. The summed E-state index contributed by atoms with van der Waals surface area (Å²) in [5, 5.41) is 11.5. The summed E-state index contributed by atoms with van der Waals surface area (Å²) in [5.74, 6) is -1.07. The van der Waals surface area contributed by atoms with E-state index in [1.807, 2.05) is 12.3 Å². The predicted molar refractivity (Wildman–Crippen MR) is 61.5 cm³/mol. The van der Waals surface area contributed by atoms with E-state index in [2.05, 4.69) is 9.97 Å². The van der Waals surface area contributed by atoms with Gasteiger partial charge in [0.1, 0.15) is 16.4 Å². The second-order valence-corrected chi connectivity index (χ2v) is 4.11. The number of hydrogen-bond donors (Lipinski definition) is 2. The first-order chi connectivity index (χ1) is 7.58. The molecule has 0 aliphatic carbocycles. The Kier molecular flexibility index (Phi) is 2.57. The number of carboxylic acid groups (broad SMARTS) is 1. The molecule has 6 heteroatoms. The summed E-state index contributed by atoms with van der Waals surface area (Å²) >= 11 is 1.44. The molecule has 2 aromatic heterocycles. The van der Waals surface area contributed by atoms with Crippen LogP contribution in [0.4, 0.5) is 5.82 Å². The van der Waals surface area contributed by atoms with Gasteiger partial charge in [-0.25, -0.2) is 14.8 Å². The van der Waals surface area contributed by atoms with Crippen molar-refractivity contribution in [2.24, 2.45) is 0 Å². The standard InChI is InChI=1S/C10H9N3O2S/c1-5-4-16-9(13-5)6-2-7(10(14)15)8(11)12-3-6/h2-4H,1H3,(H2,11,12)(H,14,15). The number of rotatable bonds is 2. The minimum atomic E-state index is -1.08. The molecule has 0 saturated carbocycles. The van der Waals surface area contributed by atoms with Crippen LogP contribution in [0.15, 0.2) is 17.6 Å². The van der Waals surface area contributed by atoms with Gasteiger partial charge in [0.25, 0.3) is 0 Å². The van der Waals surface area contributed by atoms with Gasteiger partial charge in [0.15, 0.2) is 0 Å². The van der Waals surface area contributed by atoms with Crippen molar-refractivity contribution in [1.82, 2.24) is 9.97 Å². The van der Waals surface area contributed by atoms with E-state index >= 15 is 0 Å². The zero-order valence-corrected chi connectivity index (χ0v) is 9.28. The Labute approximate surface area is 95.6 Å². The molecular formula is C10H9N3O2S. The van der Waals surface area contributed by atoms with E-state index in [9.17, 15) is 4.79 Å². The molecule has 16 heavy (non-hydrogen) atoms. The zero-order valence-electron chi connectivity index (χ0n) is 8.47. The van der Waals surface area contributed by atoms with Gasteiger partial charge < -0.3 is 10.8 Å². The number of pyridine rings is 1. The molecule has 0 spiro atoms. The lowest BCUT2D eigenvalue weighted by atomic mass is 10.2. The van der Waals surface area contributed by atoms with Crippen LogP contribution in [-0.4, -0.2) is 21.0 Å². The molecule has 0 aliphatic heterocycles. The first-order valence-corrected chi connectivity index (χ1v) is 5.37. The van der Waals surface area contributed by atoms with Crippen LogP contribution in [0.25, 0.3) is 10.6 Å². The SMILES string of the molecule is Cc1csc(-c2cnc(N)c(C(=O)O)c2)n1. The lowest BCUT2D eigenvalue weighted by Crippen LogP contribution is -2.04. The summed E-state index contributed by atoms with van der Waals surface area (Å²) in [5.41, 5.74) is 7.04. The van der Waals surface area contributed by atoms with Crippen molar-refractivity contribution in [2.45, 2.75) is 6.92 Å². The van der Waals surface area contributed by atoms with Crippen LogP contribution in [0, 0.1) is 6.92 Å². The highest BCUT2D eigenvalue weighted by molar-refractivity contribution is 7.13. The van der Waals surface area contributed by atoms with Gasteiger partial charge in [-0.15, -0.1) is 11.3 Å². The lowest BCUT2D eigenvalue weighted by molar-refractivity contribution is 0.0698. The fraction of sp³-hybridized carbons (Fsp3) is 0.100. The number of thiazole rings is 1. The van der Waals surface area contributed by atoms with Gasteiger partial charge in [0.2, 0.25) is 0 Å². The monoisotopic (exact) mass is 235 g/mol. The van der Waals surface area contributed by atoms with Crippen LogP contribution in [-0.2, 0) is 0 Å². The fourth-order valence-corrected chi connectivity index (χ4v) is 2.03. The van der Waals surface area contributed by atoms with E-state index in [-0.39, 0.29) is 11.4 Å². The molecule has 0 aliphatic rings. The molecule has 0 aromatic carbocycles. The molecule has 0 unspecified atom stereocenters. The molecule has 0 saturated heterocycles. The van der Waals surface area contributed by atoms with E-state index in [4.69, 9.17) is 10.8 Å². The number of carbonyl (C=O) groups is 1. The molecule has 2 rings (SSSR count). The first-order valence-electron chi connectivity index (χ1n) is 4.49. The third-order valence-electron chi connectivity index (χ3n) is 2.01. The van der Waals surface area contributed by atoms with Gasteiger partial charge in [-0.1, -0.05) is 0 Å². The third kappa shape index (κ3) is 1.87. The highest BCUT2D eigenvalue weighted by Gasteiger charge is 2.12. The molecule has 2 heterocycles. The van der Waals surface area contributed by atoms with Gasteiger partial charge in [0.05, 0.1) is 0 Å². The Morgan fingerprint density at radius 2 is 2.31 bits per heavy atom. The summed E-state index contributed by atoms with van der Waals surface area (Å²) in [6.45, 7) is 1.88. The first kappa shape index (κ1) is 10.6. The Hall–Kier alpha value is -1.95. The molecule has 82 valence electrons. The summed E-state index contributed by atoms with van der Waals surface area (Å²) < 4.78 is 0. The molecular weight excluding hydrogens is 226 g/mol. The maximum absolute atomic E-state index is 10.9. The van der Waals surface area contributed by atoms with Gasteiger partial charge in [-0.2, -0.15) is 0 Å². The van der Waals surface area contributed by atoms with Crippen molar-refractivity contribution in [2.75, 3.05) is 5.73 Å². The second kappa shape index (κ2) is 3.90. The van der Waals surface area contributed by atoms with Crippen LogP contribution in [0.3, 0.4) is 0 Å². The normalized spacial score (nSPS) is 10.3. The average molecular weight is 235 g/mol. The van der Waals surface area contributed by atoms with E-state index in [0.29, 0.717) is 5.56 Å². The van der Waals surface area contributed by atoms with Gasteiger partial charge >= 0.3 is 5.97 Å². The number of nitrogens with zero attached hydrogens (tertiary/aromatic N) is 2. The van der Waals surface area contributed by atoms with Crippen LogP contribution in [0.1, 0.15) is 16.1 Å². The quantitative estimate of drug-likeness (QED) is 0.828. The highest BCUT2D eigenvalue weighted by Crippen LogP contribution is 2.25. The maximum Gasteiger partial charge on any atom is 0.339 e. The van der Waals surface area contributed by atoms with Crippen molar-refractivity contribution < 1.29 is 9.90 Å². The van der Waals surface area contributed by atoms with Crippen LogP contribution in [0.5, 0.6) is 0 Å². The number of anilines is 1. The number of aromatic nitrogens is 2. The second-order valence-electron chi connectivity index (χ2n) is 3.26. The largest absolute Gasteiger partial charge is 0.478 e. The molecule has 0 fully saturated rings. The lowest BCUT2D eigenvalue weighted by Gasteiger charge is -2.01. The van der Waals surface area contributed by atoms with E-state index < -0.39 is 5.97 Å². The molecule has 0 atom stereocenters. The molecule has 0 radical (unpaired) electrons. The summed E-state index contributed by atoms with van der Waals surface area (Å²) in [6.07, 6.45) is 1.53. The number of nitrogen functional groups attached to an aromatic ring is 1. The molecule has 3 N–H and O–H groups in total. The van der Waals surface area contributed by atoms with Crippen molar-refractivity contribution in [1.29, 1.82) is 0 Å². The molecule has 2 aromatic rings. The van der Waals surface area contributed by atoms with Crippen molar-refractivity contribution in [3.05, 3.63) is 28.9 Å². The summed E-state index contributed by atoms with van der Waals surface area (Å²) in [7, 11) is 0. The number of hydrogen-bond acceptors (Lipinski definition) is 5.